The van der Waals surface area contributed by atoms with E-state index in [-0.39, 0.29) is 37.5 Å². The molecular formula is C2H5NaO4S. The van der Waals surface area contributed by atoms with Crippen LogP contribution in [0.5, 0.6) is 0 Å². The normalized spacial score (nSPS) is 9.12. The maximum Gasteiger partial charge on any atom is 1.00 e. The Morgan fingerprint density at radius 2 is 2.00 bits per heavy atom. The molecule has 44 valence electrons. The zero-order valence-corrected chi connectivity index (χ0v) is 7.44. The fraction of sp³-hybridized carbons (Fsp3) is 0.500. The van der Waals surface area contributed by atoms with Gasteiger partial charge in [0.1, 0.15) is 0 Å². The van der Waals surface area contributed by atoms with Crippen molar-refractivity contribution in [2.24, 2.45) is 0 Å². The van der Waals surface area contributed by atoms with Crippen LogP contribution in [0, 0.1) is 0 Å². The van der Waals surface area contributed by atoms with E-state index in [1.165, 1.54) is 0 Å². The molecule has 0 unspecified atom stereocenters. The van der Waals surface area contributed by atoms with Crippen LogP contribution in [-0.4, -0.2) is 21.1 Å². The molecule has 0 rings (SSSR count). The molecule has 0 aliphatic rings. The first-order chi connectivity index (χ1) is 3.06. The molecule has 6 heteroatoms. The second-order valence-electron chi connectivity index (χ2n) is 0.897. The first-order valence-electron chi connectivity index (χ1n) is 1.38. The van der Waals surface area contributed by atoms with E-state index in [2.05, 4.69) is 4.18 Å². The number of carbonyl (C=O) groups excluding carboxylic acids is 1. The molecule has 0 aliphatic carbocycles. The monoisotopic (exact) mass is 148 g/mol. The van der Waals surface area contributed by atoms with E-state index in [4.69, 9.17) is 0 Å². The summed E-state index contributed by atoms with van der Waals surface area (Å²) in [5, 5.41) is 0. The number of hydrogen-bond acceptors (Lipinski definition) is 4. The predicted molar refractivity (Wildman–Crippen MR) is 23.1 cm³/mol. The SMILES string of the molecule is CS(=O)(=O)OC=O.[H-].[Na+]. The largest absolute Gasteiger partial charge is 1.00 e. The fourth-order valence-corrected chi connectivity index (χ4v) is 0.214. The predicted octanol–water partition coefficient (Wildman–Crippen LogP) is -3.76. The summed E-state index contributed by atoms with van der Waals surface area (Å²) >= 11 is 0. The van der Waals surface area contributed by atoms with Crippen LogP contribution < -0.4 is 29.6 Å². The molecule has 0 aromatic rings. The summed E-state index contributed by atoms with van der Waals surface area (Å²) in [5.41, 5.74) is 0. The molecule has 4 nitrogen and oxygen atoms in total. The fourth-order valence-electron chi connectivity index (χ4n) is 0.0714. The van der Waals surface area contributed by atoms with Crippen LogP contribution in [0.15, 0.2) is 0 Å². The van der Waals surface area contributed by atoms with Gasteiger partial charge < -0.3 is 5.61 Å². The van der Waals surface area contributed by atoms with Crippen molar-refractivity contribution in [3.8, 4) is 0 Å². The van der Waals surface area contributed by atoms with Crippen LogP contribution in [-0.2, 0) is 19.1 Å². The first kappa shape index (κ1) is 11.2. The average Bonchev–Trinajstić information content (AvgIpc) is 1.30. The van der Waals surface area contributed by atoms with Crippen LogP contribution >= 0.6 is 0 Å². The Morgan fingerprint density at radius 1 is 1.62 bits per heavy atom. The van der Waals surface area contributed by atoms with E-state index >= 15 is 0 Å². The molecule has 0 amide bonds. The van der Waals surface area contributed by atoms with Crippen molar-refractivity contribution in [1.29, 1.82) is 0 Å². The average molecular weight is 148 g/mol. The van der Waals surface area contributed by atoms with Gasteiger partial charge >= 0.3 is 46.1 Å². The molecule has 0 saturated carbocycles. The molecule has 0 fully saturated rings. The summed E-state index contributed by atoms with van der Waals surface area (Å²) in [6.45, 7) is -0.130. The Balaban J connectivity index is -0.000000180. The summed E-state index contributed by atoms with van der Waals surface area (Å²) in [6, 6.07) is 0. The molecule has 0 N–H and O–H groups in total. The van der Waals surface area contributed by atoms with Crippen molar-refractivity contribution in [2.45, 2.75) is 0 Å². The molecule has 0 aromatic heterocycles. The van der Waals surface area contributed by atoms with Gasteiger partial charge in [0.15, 0.2) is 0 Å². The summed E-state index contributed by atoms with van der Waals surface area (Å²) < 4.78 is 23.1. The molecule has 0 aliphatic heterocycles. The number of hydrogen-bond donors (Lipinski definition) is 0. The Morgan fingerprint density at radius 3 is 2.00 bits per heavy atom. The van der Waals surface area contributed by atoms with E-state index in [0.29, 0.717) is 0 Å². The summed E-state index contributed by atoms with van der Waals surface area (Å²) in [7, 11) is -3.54. The third kappa shape index (κ3) is 9.65. The molecule has 0 aromatic carbocycles. The van der Waals surface area contributed by atoms with Gasteiger partial charge in [0.2, 0.25) is 0 Å². The summed E-state index contributed by atoms with van der Waals surface area (Å²) in [4.78, 5) is 9.22. The third-order valence-electron chi connectivity index (χ3n) is 0.214. The van der Waals surface area contributed by atoms with Crippen molar-refractivity contribution < 1.29 is 48.4 Å². The van der Waals surface area contributed by atoms with Crippen LogP contribution in [0.2, 0.25) is 0 Å². The quantitative estimate of drug-likeness (QED) is 0.229. The topological polar surface area (TPSA) is 60.4 Å². The molecule has 0 saturated heterocycles. The second kappa shape index (κ2) is 4.31. The van der Waals surface area contributed by atoms with Gasteiger partial charge in [-0.15, -0.1) is 0 Å². The van der Waals surface area contributed by atoms with Gasteiger partial charge in [-0.1, -0.05) is 0 Å². The molecule has 8 heavy (non-hydrogen) atoms. The number of carbonyl (C=O) groups is 1. The maximum absolute atomic E-state index is 9.78. The smallest absolute Gasteiger partial charge is 1.00 e. The minimum atomic E-state index is -3.54. The first-order valence-corrected chi connectivity index (χ1v) is 3.20. The molecular weight excluding hydrogens is 143 g/mol. The van der Waals surface area contributed by atoms with E-state index in [9.17, 15) is 13.2 Å². The van der Waals surface area contributed by atoms with Crippen LogP contribution in [0.1, 0.15) is 1.43 Å². The zero-order chi connectivity index (χ0) is 5.91. The summed E-state index contributed by atoms with van der Waals surface area (Å²) in [6.07, 6.45) is 0.793. The molecule has 0 atom stereocenters. The van der Waals surface area contributed by atoms with E-state index in [1.807, 2.05) is 0 Å². The molecule has 0 spiro atoms. The van der Waals surface area contributed by atoms with Gasteiger partial charge in [0, 0.05) is 0 Å². The van der Waals surface area contributed by atoms with E-state index in [1.54, 1.807) is 0 Å². The van der Waals surface area contributed by atoms with Gasteiger partial charge in [-0.2, -0.15) is 8.42 Å². The Kier molecular flexibility index (Phi) is 6.06. The van der Waals surface area contributed by atoms with Gasteiger partial charge in [-0.25, -0.2) is 0 Å². The van der Waals surface area contributed by atoms with Gasteiger partial charge in [-0.05, 0) is 0 Å². The minimum absolute atomic E-state index is 0. The van der Waals surface area contributed by atoms with Crippen LogP contribution in [0.4, 0.5) is 0 Å². The standard InChI is InChI=1S/C2H4O4S.Na.H/c1-7(4,5)6-2-3;;/h2H,1H3;;/q;+1;-1. The minimum Gasteiger partial charge on any atom is -1.00 e. The molecule has 0 bridgehead atoms. The number of rotatable bonds is 2. The van der Waals surface area contributed by atoms with Crippen molar-refractivity contribution >= 4 is 16.6 Å². The van der Waals surface area contributed by atoms with Crippen LogP contribution in [0.25, 0.3) is 0 Å². The Labute approximate surface area is 71.1 Å². The van der Waals surface area contributed by atoms with Crippen LogP contribution in [0.3, 0.4) is 0 Å². The molecule has 0 radical (unpaired) electrons. The van der Waals surface area contributed by atoms with Crippen molar-refractivity contribution in [3.05, 3.63) is 0 Å². The van der Waals surface area contributed by atoms with Gasteiger partial charge in [0.25, 0.3) is 0 Å². The van der Waals surface area contributed by atoms with E-state index in [0.717, 1.165) is 6.26 Å². The van der Waals surface area contributed by atoms with Crippen molar-refractivity contribution in [3.63, 3.8) is 0 Å². The van der Waals surface area contributed by atoms with Crippen molar-refractivity contribution in [2.75, 3.05) is 6.26 Å². The maximum atomic E-state index is 9.78. The second-order valence-corrected chi connectivity index (χ2v) is 2.50. The third-order valence-corrected chi connectivity index (χ3v) is 0.642. The van der Waals surface area contributed by atoms with Gasteiger partial charge in [0.05, 0.1) is 6.26 Å². The van der Waals surface area contributed by atoms with Gasteiger partial charge in [-0.3, -0.25) is 4.79 Å². The zero-order valence-electron chi connectivity index (χ0n) is 5.62. The van der Waals surface area contributed by atoms with Crippen molar-refractivity contribution in [1.82, 2.24) is 0 Å². The Hall–Kier alpha value is 0.420. The molecule has 0 heterocycles. The Bertz CT molecular complexity index is 152. The summed E-state index contributed by atoms with van der Waals surface area (Å²) in [5.74, 6) is 0. The van der Waals surface area contributed by atoms with E-state index < -0.39 is 10.1 Å².